The number of imide groups is 1. The Morgan fingerprint density at radius 3 is 2.57 bits per heavy atom. The molecule has 21 heavy (non-hydrogen) atoms. The Bertz CT molecular complexity index is 697. The molecule has 0 aromatic heterocycles. The zero-order chi connectivity index (χ0) is 15.0. The highest BCUT2D eigenvalue weighted by Crippen LogP contribution is 2.29. The lowest BCUT2D eigenvalue weighted by atomic mass is 10.0. The number of benzene rings is 1. The average molecular weight is 301 g/mol. The first-order valence-electron chi connectivity index (χ1n) is 6.25. The van der Waals surface area contributed by atoms with Gasteiger partial charge in [0.1, 0.15) is 0 Å². The Morgan fingerprint density at radius 1 is 1.24 bits per heavy atom. The number of nitrogens with one attached hydrogen (secondary N) is 1. The van der Waals surface area contributed by atoms with E-state index in [1.807, 2.05) is 18.2 Å². The molecule has 0 bridgehead atoms. The van der Waals surface area contributed by atoms with Crippen LogP contribution in [0.25, 0.3) is 0 Å². The summed E-state index contributed by atoms with van der Waals surface area (Å²) in [6, 6.07) is 9.05. The number of carbonyl (C=O) groups excluding carboxylic acids is 3. The van der Waals surface area contributed by atoms with Crippen LogP contribution < -0.4 is 10.3 Å². The minimum absolute atomic E-state index is 0.237. The highest BCUT2D eigenvalue weighted by molar-refractivity contribution is 8.18. The van der Waals surface area contributed by atoms with Gasteiger partial charge in [-0.25, -0.2) is 0 Å². The van der Waals surface area contributed by atoms with E-state index in [4.69, 9.17) is 0 Å². The molecule has 106 valence electrons. The predicted octanol–water partition coefficient (Wildman–Crippen LogP) is 1.89. The first-order valence-corrected chi connectivity index (χ1v) is 7.07. The molecule has 1 atom stereocenters. The molecule has 0 spiro atoms. The molecule has 2 aliphatic rings. The molecule has 1 N–H and O–H groups in total. The molecular formula is C14H11N3O3S. The number of thioether (sulfide) groups is 1. The van der Waals surface area contributed by atoms with E-state index in [-0.39, 0.29) is 10.8 Å². The van der Waals surface area contributed by atoms with Gasteiger partial charge in [0.05, 0.1) is 22.2 Å². The third-order valence-corrected chi connectivity index (χ3v) is 3.97. The van der Waals surface area contributed by atoms with Crippen LogP contribution in [0.15, 0.2) is 46.4 Å². The van der Waals surface area contributed by atoms with E-state index >= 15 is 0 Å². The first-order chi connectivity index (χ1) is 10.1. The van der Waals surface area contributed by atoms with E-state index in [9.17, 15) is 14.4 Å². The van der Waals surface area contributed by atoms with Crippen molar-refractivity contribution in [2.45, 2.75) is 6.92 Å². The number of nitrogens with zero attached hydrogens (tertiary/aromatic N) is 2. The highest BCUT2D eigenvalue weighted by Gasteiger charge is 2.35. The van der Waals surface area contributed by atoms with Crippen LogP contribution in [0.4, 0.5) is 10.5 Å². The van der Waals surface area contributed by atoms with Crippen LogP contribution in [0.5, 0.6) is 0 Å². The summed E-state index contributed by atoms with van der Waals surface area (Å²) in [4.78, 5) is 35.4. The second-order valence-electron chi connectivity index (χ2n) is 4.58. The maximum absolute atomic E-state index is 12.4. The van der Waals surface area contributed by atoms with Crippen LogP contribution in [-0.2, 0) is 9.59 Å². The van der Waals surface area contributed by atoms with Crippen LogP contribution in [-0.4, -0.2) is 22.8 Å². The number of anilines is 1. The largest absolute Gasteiger partial charge is 0.290 e. The molecule has 2 aliphatic heterocycles. The smallest absolute Gasteiger partial charge is 0.282 e. The fraction of sp³-hybridized carbons (Fsp3) is 0.143. The monoisotopic (exact) mass is 301 g/mol. The summed E-state index contributed by atoms with van der Waals surface area (Å²) < 4.78 is 0. The molecular weight excluding hydrogens is 290 g/mol. The van der Waals surface area contributed by atoms with Gasteiger partial charge in [0.15, 0.2) is 0 Å². The minimum atomic E-state index is -0.621. The predicted molar refractivity (Wildman–Crippen MR) is 79.7 cm³/mol. The van der Waals surface area contributed by atoms with Gasteiger partial charge in [-0.2, -0.15) is 10.1 Å². The normalized spacial score (nSPS) is 23.8. The topological polar surface area (TPSA) is 78.8 Å². The Kier molecular flexibility index (Phi) is 3.34. The Morgan fingerprint density at radius 2 is 1.95 bits per heavy atom. The maximum Gasteiger partial charge on any atom is 0.290 e. The summed E-state index contributed by atoms with van der Waals surface area (Å²) in [5.74, 6) is -1.33. The van der Waals surface area contributed by atoms with E-state index in [0.29, 0.717) is 11.4 Å². The van der Waals surface area contributed by atoms with E-state index < -0.39 is 17.1 Å². The molecule has 1 fully saturated rings. The minimum Gasteiger partial charge on any atom is -0.282 e. The van der Waals surface area contributed by atoms with E-state index in [0.717, 1.165) is 11.8 Å². The maximum atomic E-state index is 12.4. The lowest BCUT2D eigenvalue weighted by Gasteiger charge is -2.12. The van der Waals surface area contributed by atoms with Gasteiger partial charge in [0, 0.05) is 0 Å². The van der Waals surface area contributed by atoms with E-state index in [1.54, 1.807) is 19.1 Å². The van der Waals surface area contributed by atoms with E-state index in [2.05, 4.69) is 10.4 Å². The second-order valence-corrected chi connectivity index (χ2v) is 5.59. The lowest BCUT2D eigenvalue weighted by molar-refractivity contribution is -0.118. The third-order valence-electron chi connectivity index (χ3n) is 3.14. The summed E-state index contributed by atoms with van der Waals surface area (Å²) in [7, 11) is 0. The number of hydrogen-bond donors (Lipinski definition) is 1. The van der Waals surface area contributed by atoms with Crippen LogP contribution >= 0.6 is 11.8 Å². The molecule has 7 heteroatoms. The standard InChI is InChI=1S/C14H11N3O3S/c1-8-10(7-11-12(18)15-14(20)21-11)13(19)17(16-8)9-5-3-2-4-6-9/h2-7,10H,1H3,(H,15,18,20)/b11-7+/t10-/m0/s1. The van der Waals surface area contributed by atoms with Crippen molar-refractivity contribution in [2.75, 3.05) is 5.01 Å². The van der Waals surface area contributed by atoms with Crippen LogP contribution in [0.2, 0.25) is 0 Å². The summed E-state index contributed by atoms with van der Waals surface area (Å²) in [6.07, 6.45) is 1.50. The van der Waals surface area contributed by atoms with Gasteiger partial charge >= 0.3 is 0 Å². The number of rotatable bonds is 2. The van der Waals surface area contributed by atoms with Crippen molar-refractivity contribution >= 4 is 40.2 Å². The van der Waals surface area contributed by atoms with Crippen LogP contribution in [0.3, 0.4) is 0 Å². The fourth-order valence-electron chi connectivity index (χ4n) is 2.11. The van der Waals surface area contributed by atoms with Gasteiger partial charge in [-0.05, 0) is 36.9 Å². The fourth-order valence-corrected chi connectivity index (χ4v) is 2.80. The van der Waals surface area contributed by atoms with Gasteiger partial charge < -0.3 is 0 Å². The zero-order valence-corrected chi connectivity index (χ0v) is 11.9. The Labute approximate surface area is 124 Å². The van der Waals surface area contributed by atoms with Crippen molar-refractivity contribution in [1.82, 2.24) is 5.32 Å². The number of hydrazone groups is 1. The van der Waals surface area contributed by atoms with Crippen molar-refractivity contribution in [3.8, 4) is 0 Å². The molecule has 2 heterocycles. The molecule has 3 amide bonds. The van der Waals surface area contributed by atoms with Crippen LogP contribution in [0.1, 0.15) is 6.92 Å². The molecule has 6 nitrogen and oxygen atoms in total. The van der Waals surface area contributed by atoms with Gasteiger partial charge in [-0.15, -0.1) is 0 Å². The number of amides is 3. The molecule has 0 unspecified atom stereocenters. The Hall–Kier alpha value is -2.41. The zero-order valence-electron chi connectivity index (χ0n) is 11.1. The quantitative estimate of drug-likeness (QED) is 0.846. The Balaban J connectivity index is 1.88. The highest BCUT2D eigenvalue weighted by atomic mass is 32.2. The summed E-state index contributed by atoms with van der Waals surface area (Å²) >= 11 is 0.797. The van der Waals surface area contributed by atoms with Gasteiger partial charge in [-0.3, -0.25) is 19.7 Å². The van der Waals surface area contributed by atoms with Crippen molar-refractivity contribution in [3.63, 3.8) is 0 Å². The molecule has 1 aromatic rings. The SMILES string of the molecule is CC1=NN(c2ccccc2)C(=O)[C@H]1/C=C1/SC(=O)NC1=O. The van der Waals surface area contributed by atoms with Crippen molar-refractivity contribution in [1.29, 1.82) is 0 Å². The first kappa shape index (κ1) is 13.6. The van der Waals surface area contributed by atoms with Crippen molar-refractivity contribution in [3.05, 3.63) is 41.3 Å². The van der Waals surface area contributed by atoms with Gasteiger partial charge in [-0.1, -0.05) is 18.2 Å². The summed E-state index contributed by atoms with van der Waals surface area (Å²) in [5.41, 5.74) is 1.26. The number of carbonyl (C=O) groups is 3. The number of hydrogen-bond acceptors (Lipinski definition) is 5. The molecule has 0 saturated carbocycles. The summed E-state index contributed by atoms with van der Waals surface area (Å²) in [6.45, 7) is 1.72. The van der Waals surface area contributed by atoms with Crippen LogP contribution in [0, 0.1) is 5.92 Å². The van der Waals surface area contributed by atoms with E-state index in [1.165, 1.54) is 11.1 Å². The second kappa shape index (κ2) is 5.17. The summed E-state index contributed by atoms with van der Waals surface area (Å²) in [5, 5.41) is 7.29. The van der Waals surface area contributed by atoms with Gasteiger partial charge in [0.2, 0.25) is 0 Å². The lowest BCUT2D eigenvalue weighted by Crippen LogP contribution is -2.26. The van der Waals surface area contributed by atoms with Crippen molar-refractivity contribution in [2.24, 2.45) is 11.0 Å². The molecule has 0 aliphatic carbocycles. The average Bonchev–Trinajstić information content (AvgIpc) is 2.93. The number of para-hydroxylation sites is 1. The molecule has 0 radical (unpaired) electrons. The third kappa shape index (κ3) is 2.47. The molecule has 1 saturated heterocycles. The van der Waals surface area contributed by atoms with Gasteiger partial charge in [0.25, 0.3) is 17.1 Å². The molecule has 3 rings (SSSR count). The molecule has 1 aromatic carbocycles. The van der Waals surface area contributed by atoms with Crippen molar-refractivity contribution < 1.29 is 14.4 Å².